The molecule has 27 heavy (non-hydrogen) atoms. The predicted octanol–water partition coefficient (Wildman–Crippen LogP) is 3.62. The third-order valence-electron chi connectivity index (χ3n) is 3.34. The molecule has 0 saturated carbocycles. The van der Waals surface area contributed by atoms with Crippen molar-refractivity contribution in [2.45, 2.75) is 0 Å². The molecule has 0 spiro atoms. The van der Waals surface area contributed by atoms with Gasteiger partial charge in [-0.05, 0) is 17.7 Å². The molecule has 3 aromatic rings. The van der Waals surface area contributed by atoms with Crippen LogP contribution in [0.5, 0.6) is 0 Å². The Bertz CT molecular complexity index is 736. The fourth-order valence-electron chi connectivity index (χ4n) is 2.04. The Morgan fingerprint density at radius 3 is 1.59 bits per heavy atom. The van der Waals surface area contributed by atoms with Crippen molar-refractivity contribution in [2.24, 2.45) is 0 Å². The molecular formula is C21H23BN2P2Pt-. The summed E-state index contributed by atoms with van der Waals surface area (Å²) in [7, 11) is 9.26. The van der Waals surface area contributed by atoms with Gasteiger partial charge in [0.2, 0.25) is 0 Å². The van der Waals surface area contributed by atoms with Crippen molar-refractivity contribution in [3.63, 3.8) is 0 Å². The van der Waals surface area contributed by atoms with Crippen LogP contribution in [-0.2, 0) is 21.1 Å². The summed E-state index contributed by atoms with van der Waals surface area (Å²) >= 11 is 0. The number of anilines is 1. The molecule has 1 radical (unpaired) electrons. The van der Waals surface area contributed by atoms with E-state index in [0.29, 0.717) is 0 Å². The zero-order valence-electron chi connectivity index (χ0n) is 15.2. The van der Waals surface area contributed by atoms with E-state index < -0.39 is 0 Å². The monoisotopic (exact) mass is 571 g/mol. The minimum Gasteiger partial charge on any atom is -0.406 e. The molecule has 0 bridgehead atoms. The molecule has 0 saturated heterocycles. The molecule has 6 heteroatoms. The minimum atomic E-state index is 0. The second-order valence-electron chi connectivity index (χ2n) is 5.56. The van der Waals surface area contributed by atoms with Gasteiger partial charge in [-0.2, -0.15) is 24.3 Å². The van der Waals surface area contributed by atoms with Gasteiger partial charge in [-0.3, -0.25) is 0 Å². The molecule has 0 aromatic heterocycles. The van der Waals surface area contributed by atoms with Gasteiger partial charge in [-0.25, -0.2) is 0 Å². The Morgan fingerprint density at radius 2 is 1.26 bits per heavy atom. The van der Waals surface area contributed by atoms with Crippen LogP contribution in [0.1, 0.15) is 0 Å². The summed E-state index contributed by atoms with van der Waals surface area (Å²) in [6, 6.07) is 31.3. The van der Waals surface area contributed by atoms with Crippen LogP contribution in [0.2, 0.25) is 0 Å². The van der Waals surface area contributed by atoms with Gasteiger partial charge in [-0.15, -0.1) is 24.5 Å². The van der Waals surface area contributed by atoms with Gasteiger partial charge >= 0.3 is 7.55 Å². The number of nitrogens with zero attached hydrogens (tertiary/aromatic N) is 2. The summed E-state index contributed by atoms with van der Waals surface area (Å²) in [5, 5.41) is 2.48. The molecule has 2 nitrogen and oxygen atoms in total. The number of benzene rings is 3. The first kappa shape index (κ1) is 23.7. The van der Waals surface area contributed by atoms with E-state index in [0.717, 1.165) is 5.69 Å². The maximum Gasteiger partial charge on any atom is 0.393 e. The average Bonchev–Trinajstić information content (AvgIpc) is 3.11. The molecule has 1 heterocycles. The number of hydrogen-bond acceptors (Lipinski definition) is 2. The van der Waals surface area contributed by atoms with E-state index in [1.165, 1.54) is 10.6 Å². The summed E-state index contributed by atoms with van der Waals surface area (Å²) in [4.78, 5) is 4.03. The van der Waals surface area contributed by atoms with Gasteiger partial charge in [0.25, 0.3) is 0 Å². The van der Waals surface area contributed by atoms with E-state index in [-0.39, 0.29) is 21.1 Å². The van der Waals surface area contributed by atoms with Crippen molar-refractivity contribution in [1.29, 1.82) is 0 Å². The van der Waals surface area contributed by atoms with Crippen LogP contribution >= 0.6 is 18.5 Å². The molecule has 1 aliphatic rings. The molecule has 0 N–H and O–H groups in total. The van der Waals surface area contributed by atoms with Crippen molar-refractivity contribution in [3.05, 3.63) is 103 Å². The van der Waals surface area contributed by atoms with Gasteiger partial charge in [0, 0.05) is 33.5 Å². The first-order chi connectivity index (χ1) is 12.6. The summed E-state index contributed by atoms with van der Waals surface area (Å²) in [5.74, 6) is 0. The van der Waals surface area contributed by atoms with Crippen molar-refractivity contribution in [2.75, 3.05) is 11.9 Å². The number of para-hydroxylation sites is 1. The minimum absolute atomic E-state index is 0. The van der Waals surface area contributed by atoms with Gasteiger partial charge in [0.05, 0.1) is 0 Å². The Balaban J connectivity index is 0.000000211. The zero-order chi connectivity index (χ0) is 18.6. The number of hydrogen-bond donors (Lipinski definition) is 0. The molecule has 1 aliphatic heterocycles. The van der Waals surface area contributed by atoms with Crippen molar-refractivity contribution < 1.29 is 21.1 Å². The van der Waals surface area contributed by atoms with Crippen LogP contribution in [-0.4, -0.2) is 19.4 Å². The van der Waals surface area contributed by atoms with Crippen LogP contribution in [0, 0.1) is 6.07 Å². The molecule has 2 atom stereocenters. The molecule has 3 aromatic carbocycles. The molecule has 0 aliphatic carbocycles. The van der Waals surface area contributed by atoms with Crippen LogP contribution < -0.4 is 15.4 Å². The predicted molar refractivity (Wildman–Crippen MR) is 122 cm³/mol. The summed E-state index contributed by atoms with van der Waals surface area (Å²) in [6.07, 6.45) is 4.01. The maximum atomic E-state index is 3.15. The second-order valence-corrected chi connectivity index (χ2v) is 6.89. The van der Waals surface area contributed by atoms with Crippen LogP contribution in [0.25, 0.3) is 0 Å². The first-order valence-corrected chi connectivity index (χ1v) is 9.42. The Hall–Kier alpha value is -1.39. The van der Waals surface area contributed by atoms with Crippen LogP contribution in [0.3, 0.4) is 0 Å². The molecule has 0 amide bonds. The van der Waals surface area contributed by atoms with Gasteiger partial charge in [0.15, 0.2) is 0 Å². The van der Waals surface area contributed by atoms with E-state index in [2.05, 4.69) is 24.5 Å². The van der Waals surface area contributed by atoms with E-state index in [9.17, 15) is 0 Å². The second kappa shape index (κ2) is 13.7. The topological polar surface area (TPSA) is 6.48 Å². The van der Waals surface area contributed by atoms with Gasteiger partial charge < -0.3 is 9.62 Å². The molecule has 4 rings (SSSR count). The Kier molecular flexibility index (Phi) is 12.0. The zero-order valence-corrected chi connectivity index (χ0v) is 19.8. The smallest absolute Gasteiger partial charge is 0.393 e. The normalized spacial score (nSPS) is 11.2. The third kappa shape index (κ3) is 9.92. The summed E-state index contributed by atoms with van der Waals surface area (Å²) < 4.78 is 0. The SMILES string of the molecule is CN1[B]N(c2[c-]cccc2)C=C1.Pc1ccccc1.Pc1ccccc1.[Pt]. The fourth-order valence-corrected chi connectivity index (χ4v) is 2.49. The Morgan fingerprint density at radius 1 is 0.741 bits per heavy atom. The average molecular weight is 571 g/mol. The largest absolute Gasteiger partial charge is 0.406 e. The van der Waals surface area contributed by atoms with Gasteiger partial charge in [0.1, 0.15) is 0 Å². The van der Waals surface area contributed by atoms with Gasteiger partial charge in [-0.1, -0.05) is 66.4 Å². The van der Waals surface area contributed by atoms with Crippen molar-refractivity contribution in [3.8, 4) is 0 Å². The van der Waals surface area contributed by atoms with E-state index in [4.69, 9.17) is 0 Å². The van der Waals surface area contributed by atoms with Crippen LogP contribution in [0.15, 0.2) is 97.3 Å². The first-order valence-electron chi connectivity index (χ1n) is 8.26. The summed E-state index contributed by atoms with van der Waals surface area (Å²) in [5.41, 5.74) is 1.07. The number of rotatable bonds is 1. The summed E-state index contributed by atoms with van der Waals surface area (Å²) in [6.45, 7) is 0. The van der Waals surface area contributed by atoms with Crippen molar-refractivity contribution >= 4 is 42.3 Å². The van der Waals surface area contributed by atoms with Crippen LogP contribution in [0.4, 0.5) is 5.69 Å². The van der Waals surface area contributed by atoms with E-state index >= 15 is 0 Å². The molecule has 141 valence electrons. The fraction of sp³-hybridized carbons (Fsp3) is 0.0476. The standard InChI is InChI=1S/C9H9BN2.2C6H7P.Pt/c1-11-7-8-12(10-11)9-5-3-2-4-6-9;2*7-6-4-2-1-3-5-6;/h2-5,7-8H,1H3;2*1-5H,7H2;/q-1;;;. The molecule has 0 fully saturated rings. The van der Waals surface area contributed by atoms with E-state index in [1.54, 1.807) is 0 Å². The maximum absolute atomic E-state index is 3.15. The molecule has 2 unspecified atom stereocenters. The van der Waals surface area contributed by atoms with Crippen molar-refractivity contribution in [1.82, 2.24) is 4.81 Å². The Labute approximate surface area is 183 Å². The third-order valence-corrected chi connectivity index (χ3v) is 4.11. The molecular weight excluding hydrogens is 548 g/mol. The van der Waals surface area contributed by atoms with E-state index in [1.807, 2.05) is 122 Å². The quantitative estimate of drug-likeness (QED) is 0.251.